The lowest BCUT2D eigenvalue weighted by atomic mass is 10.1. The number of amides is 2. The third-order valence-electron chi connectivity index (χ3n) is 7.47. The second-order valence-corrected chi connectivity index (χ2v) is 13.6. The smallest absolute Gasteiger partial charge is 0.411 e. The van der Waals surface area contributed by atoms with Crippen molar-refractivity contribution in [1.82, 2.24) is 19.8 Å². The molecule has 11 heteroatoms. The van der Waals surface area contributed by atoms with Crippen LogP contribution in [0.2, 0.25) is 0 Å². The molecular formula is C36H46N4O7. The summed E-state index contributed by atoms with van der Waals surface area (Å²) in [5.41, 5.74) is 1.44. The predicted octanol–water partition coefficient (Wildman–Crippen LogP) is 6.96. The van der Waals surface area contributed by atoms with Gasteiger partial charge in [0.1, 0.15) is 23.1 Å². The number of esters is 1. The Bertz CT molecular complexity index is 1510. The highest BCUT2D eigenvalue weighted by Crippen LogP contribution is 2.32. The number of Topliss-reactive ketones (excluding diaryl/α,β-unsaturated/α-hetero) is 1. The van der Waals surface area contributed by atoms with E-state index >= 15 is 0 Å². The molecule has 0 radical (unpaired) electrons. The second kappa shape index (κ2) is 15.3. The molecule has 1 N–H and O–H groups in total. The second-order valence-electron chi connectivity index (χ2n) is 13.6. The molecule has 2 atom stereocenters. The molecule has 11 nitrogen and oxygen atoms in total. The van der Waals surface area contributed by atoms with Crippen molar-refractivity contribution in [2.75, 3.05) is 19.7 Å². The van der Waals surface area contributed by atoms with Gasteiger partial charge in [0.25, 0.3) is 0 Å². The maximum atomic E-state index is 12.4. The van der Waals surface area contributed by atoms with Crippen LogP contribution in [0.4, 0.5) is 9.59 Å². The molecule has 2 fully saturated rings. The van der Waals surface area contributed by atoms with E-state index in [1.807, 2.05) is 57.3 Å². The van der Waals surface area contributed by atoms with Gasteiger partial charge in [0, 0.05) is 18.7 Å². The molecule has 0 spiro atoms. The van der Waals surface area contributed by atoms with Crippen LogP contribution in [-0.4, -0.2) is 80.6 Å². The van der Waals surface area contributed by atoms with Crippen molar-refractivity contribution in [3.8, 4) is 11.3 Å². The zero-order chi connectivity index (χ0) is 34.2. The number of likely N-dealkylation sites (tertiary alicyclic amines) is 2. The molecule has 252 valence electrons. The zero-order valence-electron chi connectivity index (χ0n) is 28.2. The quantitative estimate of drug-likeness (QED) is 0.173. The molecule has 3 aromatic rings. The van der Waals surface area contributed by atoms with E-state index in [0.29, 0.717) is 31.5 Å². The van der Waals surface area contributed by atoms with Crippen LogP contribution in [0.15, 0.2) is 66.9 Å². The summed E-state index contributed by atoms with van der Waals surface area (Å²) >= 11 is 0. The summed E-state index contributed by atoms with van der Waals surface area (Å²) in [5, 5.41) is 0. The average Bonchev–Trinajstić information content (AvgIpc) is 3.80. The van der Waals surface area contributed by atoms with Crippen LogP contribution in [-0.2, 0) is 19.0 Å². The molecule has 0 aliphatic carbocycles. The number of H-pyrrole nitrogens is 1. The number of carbonyl (C=O) groups is 4. The predicted molar refractivity (Wildman–Crippen MR) is 177 cm³/mol. The number of nitrogens with one attached hydrogen (secondary N) is 1. The van der Waals surface area contributed by atoms with Crippen LogP contribution in [0.3, 0.4) is 0 Å². The minimum atomic E-state index is -0.691. The molecule has 0 saturated carbocycles. The molecule has 2 aliphatic rings. The van der Waals surface area contributed by atoms with E-state index in [2.05, 4.69) is 9.97 Å². The van der Waals surface area contributed by atoms with Crippen molar-refractivity contribution in [3.05, 3.63) is 78.2 Å². The fourth-order valence-electron chi connectivity index (χ4n) is 5.35. The summed E-state index contributed by atoms with van der Waals surface area (Å²) in [6.45, 7) is 11.8. The van der Waals surface area contributed by atoms with Crippen molar-refractivity contribution in [2.45, 2.75) is 90.5 Å². The van der Waals surface area contributed by atoms with Crippen LogP contribution in [0.1, 0.15) is 89.4 Å². The number of rotatable bonds is 6. The molecule has 5 rings (SSSR count). The van der Waals surface area contributed by atoms with E-state index in [4.69, 9.17) is 14.2 Å². The van der Waals surface area contributed by atoms with Crippen molar-refractivity contribution in [3.63, 3.8) is 0 Å². The van der Waals surface area contributed by atoms with Crippen molar-refractivity contribution in [2.24, 2.45) is 0 Å². The Morgan fingerprint density at radius 3 is 1.96 bits per heavy atom. The number of benzene rings is 2. The third-order valence-corrected chi connectivity index (χ3v) is 7.47. The standard InChI is InChI=1S/C18H23N3O2.C18H23NO5/c1-18(2,3)23-17(22)21-11-7-10-15(21)16-19-12-14(20-16)13-8-5-4-6-9-13;1-18(2,3)24-17(22)19-11-7-10-14(19)16(21)23-12-15(20)13-8-5-4-6-9-13/h4-6,8-9,12,15H,7,10-11H2,1-3H3,(H,19,20);4-6,8-9,14H,7,10-12H2,1-3H3/t15-;14-/m00/s1. The van der Waals surface area contributed by atoms with Crippen molar-refractivity contribution in [1.29, 1.82) is 0 Å². The summed E-state index contributed by atoms with van der Waals surface area (Å²) in [7, 11) is 0. The topological polar surface area (TPSA) is 131 Å². The van der Waals surface area contributed by atoms with E-state index in [1.54, 1.807) is 56.0 Å². The number of aromatic nitrogens is 2. The molecule has 2 aromatic carbocycles. The fraction of sp³-hybridized carbons (Fsp3) is 0.472. The molecule has 1 aromatic heterocycles. The normalized spacial score (nSPS) is 17.8. The van der Waals surface area contributed by atoms with Crippen molar-refractivity contribution < 1.29 is 33.4 Å². The highest BCUT2D eigenvalue weighted by Gasteiger charge is 2.38. The Balaban J connectivity index is 0.000000213. The maximum Gasteiger partial charge on any atom is 0.411 e. The molecule has 2 saturated heterocycles. The zero-order valence-corrected chi connectivity index (χ0v) is 28.2. The minimum absolute atomic E-state index is 0.0395. The molecule has 0 bridgehead atoms. The summed E-state index contributed by atoms with van der Waals surface area (Å²) in [6, 6.07) is 18.0. The molecule has 2 aliphatic heterocycles. The van der Waals surface area contributed by atoms with Gasteiger partial charge in [-0.2, -0.15) is 0 Å². The van der Waals surface area contributed by atoms with Crippen LogP contribution < -0.4 is 0 Å². The lowest BCUT2D eigenvalue weighted by Crippen LogP contribution is -2.44. The number of carbonyl (C=O) groups excluding carboxylic acids is 4. The first-order valence-corrected chi connectivity index (χ1v) is 16.1. The Hall–Kier alpha value is -4.67. The first-order chi connectivity index (χ1) is 22.2. The summed E-state index contributed by atoms with van der Waals surface area (Å²) in [5.74, 6) is -0.0133. The highest BCUT2D eigenvalue weighted by atomic mass is 16.6. The first kappa shape index (κ1) is 35.2. The number of ketones is 1. The van der Waals surface area contributed by atoms with Gasteiger partial charge in [-0.1, -0.05) is 60.7 Å². The lowest BCUT2D eigenvalue weighted by molar-refractivity contribution is -0.147. The average molecular weight is 647 g/mol. The van der Waals surface area contributed by atoms with Gasteiger partial charge in [0.05, 0.1) is 17.9 Å². The third kappa shape index (κ3) is 10.2. The number of aromatic amines is 1. The van der Waals surface area contributed by atoms with E-state index in [1.165, 1.54) is 4.90 Å². The van der Waals surface area contributed by atoms with Gasteiger partial charge >= 0.3 is 18.2 Å². The summed E-state index contributed by atoms with van der Waals surface area (Å²) < 4.78 is 15.9. The summed E-state index contributed by atoms with van der Waals surface area (Å²) in [6.07, 6.45) is 4.11. The molecule has 2 amide bonds. The number of nitrogens with zero attached hydrogens (tertiary/aromatic N) is 3. The molecule has 0 unspecified atom stereocenters. The number of hydrogen-bond acceptors (Lipinski definition) is 8. The van der Waals surface area contributed by atoms with Crippen LogP contribution in [0.25, 0.3) is 11.3 Å². The van der Waals surface area contributed by atoms with E-state index in [0.717, 1.165) is 29.9 Å². The maximum absolute atomic E-state index is 12.4. The van der Waals surface area contributed by atoms with Gasteiger partial charge < -0.3 is 19.2 Å². The Labute approximate surface area is 276 Å². The summed E-state index contributed by atoms with van der Waals surface area (Å²) in [4.78, 5) is 59.8. The van der Waals surface area contributed by atoms with E-state index in [-0.39, 0.29) is 24.5 Å². The fourth-order valence-corrected chi connectivity index (χ4v) is 5.35. The number of hydrogen-bond donors (Lipinski definition) is 1. The van der Waals surface area contributed by atoms with E-state index < -0.39 is 29.3 Å². The Morgan fingerprint density at radius 2 is 1.34 bits per heavy atom. The van der Waals surface area contributed by atoms with Gasteiger partial charge in [0.2, 0.25) is 0 Å². The number of imidazole rings is 1. The molecule has 3 heterocycles. The Morgan fingerprint density at radius 1 is 0.787 bits per heavy atom. The number of ether oxygens (including phenoxy) is 3. The molecular weight excluding hydrogens is 600 g/mol. The van der Waals surface area contributed by atoms with E-state index in [9.17, 15) is 19.2 Å². The monoisotopic (exact) mass is 646 g/mol. The van der Waals surface area contributed by atoms with Gasteiger partial charge in [-0.15, -0.1) is 0 Å². The Kier molecular flexibility index (Phi) is 11.4. The van der Waals surface area contributed by atoms with Crippen LogP contribution in [0, 0.1) is 0 Å². The van der Waals surface area contributed by atoms with Crippen molar-refractivity contribution >= 4 is 23.9 Å². The SMILES string of the molecule is CC(C)(C)OC(=O)N1CCC[C@H]1C(=O)OCC(=O)c1ccccc1.CC(C)(C)OC(=O)N1CCC[C@H]1c1ncc(-c2ccccc2)[nH]1. The minimum Gasteiger partial charge on any atom is -0.456 e. The molecule has 47 heavy (non-hydrogen) atoms. The van der Waals surface area contributed by atoms with Gasteiger partial charge in [-0.05, 0) is 72.8 Å². The van der Waals surface area contributed by atoms with Gasteiger partial charge in [0.15, 0.2) is 12.4 Å². The van der Waals surface area contributed by atoms with Gasteiger partial charge in [-0.3, -0.25) is 14.6 Å². The largest absolute Gasteiger partial charge is 0.456 e. The van der Waals surface area contributed by atoms with Crippen LogP contribution in [0.5, 0.6) is 0 Å². The van der Waals surface area contributed by atoms with Crippen LogP contribution >= 0.6 is 0 Å². The first-order valence-electron chi connectivity index (χ1n) is 16.1. The highest BCUT2D eigenvalue weighted by molar-refractivity contribution is 5.98. The lowest BCUT2D eigenvalue weighted by Gasteiger charge is -2.27. The van der Waals surface area contributed by atoms with Gasteiger partial charge in [-0.25, -0.2) is 19.4 Å².